The first-order chi connectivity index (χ1) is 6.74. The summed E-state index contributed by atoms with van der Waals surface area (Å²) in [6.07, 6.45) is 1.17. The second-order valence-electron chi connectivity index (χ2n) is 3.12. The van der Waals surface area contributed by atoms with Crippen molar-refractivity contribution in [3.8, 4) is 0 Å². The van der Waals surface area contributed by atoms with E-state index in [1.165, 1.54) is 0 Å². The predicted molar refractivity (Wildman–Crippen MR) is 57.6 cm³/mol. The number of carbonyl (C=O) groups is 1. The summed E-state index contributed by atoms with van der Waals surface area (Å²) in [5.41, 5.74) is 0. The maximum absolute atomic E-state index is 10.6. The maximum Gasteiger partial charge on any atom is 0.305 e. The Morgan fingerprint density at radius 3 is 3.00 bits per heavy atom. The van der Waals surface area contributed by atoms with E-state index in [4.69, 9.17) is 5.11 Å². The standard InChI is InChI=1S/C10H15NO2S/c1-2-5-11-8(7-10(12)13)9-4-3-6-14-9/h3-4,6,8,11H,2,5,7H2,1H3,(H,12,13). The monoisotopic (exact) mass is 213 g/mol. The lowest BCUT2D eigenvalue weighted by Crippen LogP contribution is -2.23. The third kappa shape index (κ3) is 3.47. The van der Waals surface area contributed by atoms with Crippen molar-refractivity contribution in [2.75, 3.05) is 6.54 Å². The van der Waals surface area contributed by atoms with Crippen LogP contribution in [0.25, 0.3) is 0 Å². The minimum Gasteiger partial charge on any atom is -0.481 e. The summed E-state index contributed by atoms with van der Waals surface area (Å²) >= 11 is 1.60. The van der Waals surface area contributed by atoms with E-state index in [2.05, 4.69) is 12.2 Å². The minimum atomic E-state index is -0.757. The Kier molecular flexibility index (Phi) is 4.62. The summed E-state index contributed by atoms with van der Waals surface area (Å²) < 4.78 is 0. The minimum absolute atomic E-state index is 0.0348. The molecule has 0 saturated heterocycles. The molecule has 1 rings (SSSR count). The van der Waals surface area contributed by atoms with Crippen molar-refractivity contribution in [3.05, 3.63) is 22.4 Å². The summed E-state index contributed by atoms with van der Waals surface area (Å²) in [5.74, 6) is -0.757. The first-order valence-electron chi connectivity index (χ1n) is 4.72. The van der Waals surface area contributed by atoms with Crippen LogP contribution in [0.2, 0.25) is 0 Å². The fraction of sp³-hybridized carbons (Fsp3) is 0.500. The van der Waals surface area contributed by atoms with Crippen LogP contribution >= 0.6 is 11.3 Å². The van der Waals surface area contributed by atoms with Crippen molar-refractivity contribution in [1.82, 2.24) is 5.32 Å². The largest absolute Gasteiger partial charge is 0.481 e. The van der Waals surface area contributed by atoms with Crippen molar-refractivity contribution in [2.24, 2.45) is 0 Å². The molecule has 0 aliphatic heterocycles. The van der Waals surface area contributed by atoms with E-state index in [9.17, 15) is 4.79 Å². The van der Waals surface area contributed by atoms with E-state index >= 15 is 0 Å². The van der Waals surface area contributed by atoms with E-state index in [1.807, 2.05) is 17.5 Å². The number of hydrogen-bond donors (Lipinski definition) is 2. The predicted octanol–water partition coefficient (Wildman–Crippen LogP) is 2.26. The molecule has 1 aromatic rings. The average molecular weight is 213 g/mol. The van der Waals surface area contributed by atoms with E-state index in [0.717, 1.165) is 17.8 Å². The Hall–Kier alpha value is -0.870. The number of thiophene rings is 1. The second-order valence-corrected chi connectivity index (χ2v) is 4.10. The third-order valence-corrected chi connectivity index (χ3v) is 2.89. The molecule has 0 bridgehead atoms. The van der Waals surface area contributed by atoms with E-state index in [-0.39, 0.29) is 12.5 Å². The third-order valence-electron chi connectivity index (χ3n) is 1.91. The van der Waals surface area contributed by atoms with Crippen molar-refractivity contribution in [2.45, 2.75) is 25.8 Å². The molecule has 0 amide bonds. The van der Waals surface area contributed by atoms with Crippen LogP contribution in [0, 0.1) is 0 Å². The summed E-state index contributed by atoms with van der Waals surface area (Å²) in [4.78, 5) is 11.7. The summed E-state index contributed by atoms with van der Waals surface area (Å²) in [6.45, 7) is 2.93. The smallest absolute Gasteiger partial charge is 0.305 e. The highest BCUT2D eigenvalue weighted by atomic mass is 32.1. The van der Waals surface area contributed by atoms with Gasteiger partial charge in [0.2, 0.25) is 0 Å². The van der Waals surface area contributed by atoms with E-state index in [1.54, 1.807) is 11.3 Å². The van der Waals surface area contributed by atoms with Crippen LogP contribution in [0.4, 0.5) is 0 Å². The van der Waals surface area contributed by atoms with Crippen LogP contribution in [0.3, 0.4) is 0 Å². The topological polar surface area (TPSA) is 49.3 Å². The van der Waals surface area contributed by atoms with Gasteiger partial charge in [0.25, 0.3) is 0 Å². The molecular formula is C10H15NO2S. The van der Waals surface area contributed by atoms with Gasteiger partial charge in [-0.25, -0.2) is 0 Å². The number of nitrogens with one attached hydrogen (secondary N) is 1. The molecule has 4 heteroatoms. The van der Waals surface area contributed by atoms with Crippen LogP contribution in [-0.4, -0.2) is 17.6 Å². The average Bonchev–Trinajstić information content (AvgIpc) is 2.64. The summed E-state index contributed by atoms with van der Waals surface area (Å²) in [6, 6.07) is 3.89. The highest BCUT2D eigenvalue weighted by Gasteiger charge is 2.14. The highest BCUT2D eigenvalue weighted by molar-refractivity contribution is 7.10. The van der Waals surface area contributed by atoms with Crippen LogP contribution in [0.1, 0.15) is 30.7 Å². The lowest BCUT2D eigenvalue weighted by atomic mass is 10.1. The van der Waals surface area contributed by atoms with Crippen molar-refractivity contribution in [1.29, 1.82) is 0 Å². The second kappa shape index (κ2) is 5.78. The number of rotatable bonds is 6. The Balaban J connectivity index is 2.57. The summed E-state index contributed by atoms with van der Waals surface area (Å²) in [5, 5.41) is 13.9. The van der Waals surface area contributed by atoms with Gasteiger partial charge in [-0.15, -0.1) is 11.3 Å². The Labute approximate surface area is 87.8 Å². The molecule has 0 aromatic carbocycles. The molecule has 3 nitrogen and oxygen atoms in total. The molecule has 0 radical (unpaired) electrons. The molecular weight excluding hydrogens is 198 g/mol. The first kappa shape index (κ1) is 11.2. The van der Waals surface area contributed by atoms with Gasteiger partial charge in [0.15, 0.2) is 0 Å². The van der Waals surface area contributed by atoms with Gasteiger partial charge in [0, 0.05) is 4.88 Å². The lowest BCUT2D eigenvalue weighted by Gasteiger charge is -2.14. The van der Waals surface area contributed by atoms with Gasteiger partial charge in [-0.1, -0.05) is 13.0 Å². The van der Waals surface area contributed by atoms with Crippen LogP contribution in [0.15, 0.2) is 17.5 Å². The molecule has 78 valence electrons. The molecule has 0 aliphatic rings. The molecule has 1 atom stereocenters. The fourth-order valence-corrected chi connectivity index (χ4v) is 2.06. The van der Waals surface area contributed by atoms with Gasteiger partial charge in [0.05, 0.1) is 12.5 Å². The van der Waals surface area contributed by atoms with Gasteiger partial charge >= 0.3 is 5.97 Å². The number of carboxylic acid groups (broad SMARTS) is 1. The molecule has 0 aliphatic carbocycles. The number of hydrogen-bond acceptors (Lipinski definition) is 3. The number of aliphatic carboxylic acids is 1. The van der Waals surface area contributed by atoms with Crippen molar-refractivity contribution in [3.63, 3.8) is 0 Å². The molecule has 1 heterocycles. The van der Waals surface area contributed by atoms with Crippen LogP contribution < -0.4 is 5.32 Å². The van der Waals surface area contributed by atoms with Gasteiger partial charge in [-0.2, -0.15) is 0 Å². The molecule has 14 heavy (non-hydrogen) atoms. The van der Waals surface area contributed by atoms with Crippen molar-refractivity contribution < 1.29 is 9.90 Å². The van der Waals surface area contributed by atoms with Gasteiger partial charge in [-0.05, 0) is 24.4 Å². The van der Waals surface area contributed by atoms with Gasteiger partial charge < -0.3 is 10.4 Å². The molecule has 0 fully saturated rings. The quantitative estimate of drug-likeness (QED) is 0.762. The molecule has 1 unspecified atom stereocenters. The highest BCUT2D eigenvalue weighted by Crippen LogP contribution is 2.21. The summed E-state index contributed by atoms with van der Waals surface area (Å²) in [7, 11) is 0. The van der Waals surface area contributed by atoms with Crippen LogP contribution in [0.5, 0.6) is 0 Å². The van der Waals surface area contributed by atoms with E-state index < -0.39 is 5.97 Å². The normalized spacial score (nSPS) is 12.6. The lowest BCUT2D eigenvalue weighted by molar-refractivity contribution is -0.137. The first-order valence-corrected chi connectivity index (χ1v) is 5.60. The zero-order valence-corrected chi connectivity index (χ0v) is 9.01. The zero-order chi connectivity index (χ0) is 10.4. The van der Waals surface area contributed by atoms with E-state index in [0.29, 0.717) is 0 Å². The number of carboxylic acids is 1. The molecule has 2 N–H and O–H groups in total. The Morgan fingerprint density at radius 2 is 2.50 bits per heavy atom. The van der Waals surface area contributed by atoms with Crippen LogP contribution in [-0.2, 0) is 4.79 Å². The fourth-order valence-electron chi connectivity index (χ4n) is 1.26. The molecule has 0 saturated carbocycles. The zero-order valence-electron chi connectivity index (χ0n) is 8.19. The Bertz CT molecular complexity index is 272. The SMILES string of the molecule is CCCNC(CC(=O)O)c1cccs1. The molecule has 1 aromatic heterocycles. The van der Waals surface area contributed by atoms with Crippen molar-refractivity contribution >= 4 is 17.3 Å². The Morgan fingerprint density at radius 1 is 1.71 bits per heavy atom. The van der Waals surface area contributed by atoms with Gasteiger partial charge in [-0.3, -0.25) is 4.79 Å². The molecule has 0 spiro atoms. The van der Waals surface area contributed by atoms with Gasteiger partial charge in [0.1, 0.15) is 0 Å². The maximum atomic E-state index is 10.6.